The average molecular weight is 1620 g/mol. The fraction of sp³-hybridized carbons (Fsp3) is 0.419. The first-order valence-electron chi connectivity index (χ1n) is 33.9. The minimum atomic E-state index is -2.52. The smallest absolute Gasteiger partial charge is 0.329 e. The summed E-state index contributed by atoms with van der Waals surface area (Å²) in [5.41, 5.74) is 2.89. The van der Waals surface area contributed by atoms with Crippen molar-refractivity contribution in [2.24, 2.45) is 29.6 Å². The van der Waals surface area contributed by atoms with Crippen LogP contribution in [0.25, 0.3) is 0 Å². The second-order valence-electron chi connectivity index (χ2n) is 23.4. The van der Waals surface area contributed by atoms with Gasteiger partial charge in [0.05, 0.1) is 30.5 Å². The highest BCUT2D eigenvalue weighted by Crippen LogP contribution is 2.39. The summed E-state index contributed by atoms with van der Waals surface area (Å²) in [5.74, 6) is 93.7. The van der Waals surface area contributed by atoms with E-state index in [2.05, 4.69) is 298 Å². The number of fused-ring (bicyclic) bond motifs is 3. The molecule has 0 aromatic heterocycles. The van der Waals surface area contributed by atoms with Gasteiger partial charge in [0.15, 0.2) is 0 Å². The summed E-state index contributed by atoms with van der Waals surface area (Å²) in [6, 6.07) is -1.16. The molecule has 2 bridgehead atoms. The van der Waals surface area contributed by atoms with Crippen LogP contribution in [0, 0.1) is 279 Å². The molecule has 1 aliphatic carbocycles. The van der Waals surface area contributed by atoms with Crippen molar-refractivity contribution in [3.63, 3.8) is 0 Å². The predicted molar refractivity (Wildman–Crippen MR) is 467 cm³/mol. The molecule has 4 rings (SSSR count). The molecule has 28 nitrogen and oxygen atoms in total. The van der Waals surface area contributed by atoms with Gasteiger partial charge in [-0.1, -0.05) is 54.4 Å². The van der Waals surface area contributed by atoms with Crippen molar-refractivity contribution < 1.29 is 175 Å². The number of amides is 1. The Morgan fingerprint density at radius 2 is 1.01 bits per heavy atom. The third-order valence-corrected chi connectivity index (χ3v) is 15.8. The number of esters is 1. The number of nitrogens with one attached hydrogen (secondary N) is 1. The maximum atomic E-state index is 14.3. The summed E-state index contributed by atoms with van der Waals surface area (Å²) in [6.45, 7) is 10.6. The van der Waals surface area contributed by atoms with Crippen molar-refractivity contribution in [2.75, 3.05) is 34.5 Å². The Labute approximate surface area is 711 Å². The molecule has 3 fully saturated rings. The molecule has 114 heavy (non-hydrogen) atoms. The lowest BCUT2D eigenvalue weighted by molar-refractivity contribution is -0.808. The number of carbonyl (C=O) groups excluding carboxylic acids is 4. The van der Waals surface area contributed by atoms with E-state index in [4.69, 9.17) is 40.6 Å². The second-order valence-corrected chi connectivity index (χ2v) is 23.4. The van der Waals surface area contributed by atoms with E-state index in [-0.39, 0.29) is 108 Å². The fourth-order valence-electron chi connectivity index (χ4n) is 10.8. The van der Waals surface area contributed by atoms with Gasteiger partial charge < -0.3 is 49.0 Å². The Balaban J connectivity index is -0.0000000468. The van der Waals surface area contributed by atoms with E-state index in [0.29, 0.717) is 50.5 Å². The summed E-state index contributed by atoms with van der Waals surface area (Å²) >= 11 is 0. The van der Waals surface area contributed by atoms with E-state index in [1.165, 1.54) is 24.8 Å². The van der Waals surface area contributed by atoms with Crippen LogP contribution in [0.3, 0.4) is 0 Å². The minimum absolute atomic E-state index is 0. The van der Waals surface area contributed by atoms with Gasteiger partial charge in [-0.05, 0) is 248 Å². The molecule has 0 unspecified atom stereocenters. The van der Waals surface area contributed by atoms with Crippen molar-refractivity contribution >= 4 is 23.4 Å². The quantitative estimate of drug-likeness (QED) is 0.0127. The zero-order valence-electron chi connectivity index (χ0n) is 63.2. The largest absolute Gasteiger partial charge is 0.456 e. The molecule has 14 atom stereocenters. The fourth-order valence-corrected chi connectivity index (χ4v) is 10.8. The molecule has 4 aliphatic rings. The molecule has 1 amide bonds. The molecule has 0 radical (unpaired) electrons. The van der Waals surface area contributed by atoms with E-state index >= 15 is 0 Å². The van der Waals surface area contributed by atoms with E-state index in [1.54, 1.807) is 34.8 Å². The van der Waals surface area contributed by atoms with Gasteiger partial charge in [0.2, 0.25) is 5.79 Å². The Morgan fingerprint density at radius 3 is 1.44 bits per heavy atom. The molecule has 1 saturated carbocycles. The van der Waals surface area contributed by atoms with Gasteiger partial charge >= 0.3 is 5.97 Å². The normalized spacial score (nSPS) is 23.3. The first-order chi connectivity index (χ1) is 55.3. The summed E-state index contributed by atoms with van der Waals surface area (Å²) in [7, 11) is 4.57. The van der Waals surface area contributed by atoms with Crippen LogP contribution in [-0.2, 0) is 98.2 Å². The number of hydrogen-bond donors (Lipinski definition) is 7. The van der Waals surface area contributed by atoms with Crippen LogP contribution in [0.2, 0.25) is 0 Å². The molecular weight excluding hydrogens is 1480 g/mol. The number of methoxy groups -OCH3 is 3. The van der Waals surface area contributed by atoms with Gasteiger partial charge in [-0.3, -0.25) is 14.4 Å². The van der Waals surface area contributed by atoms with E-state index in [0.717, 1.165) is 5.57 Å². The number of carbonyl (C=O) groups is 4. The molecule has 7 N–H and O–H groups in total. The lowest BCUT2D eigenvalue weighted by Gasteiger charge is -2.47. The molecule has 3 aliphatic heterocycles. The van der Waals surface area contributed by atoms with Gasteiger partial charge in [0.1, 0.15) is 24.0 Å². The maximum absolute atomic E-state index is 14.3. The summed E-state index contributed by atoms with van der Waals surface area (Å²) in [5, 5.41) is 88.3. The Bertz CT molecular complexity index is 4890. The number of allylic oxidation sites excluding steroid dienone is 3. The molecule has 2 saturated heterocycles. The van der Waals surface area contributed by atoms with Gasteiger partial charge in [-0.25, -0.2) is 15.3 Å². The van der Waals surface area contributed by atoms with Crippen molar-refractivity contribution in [1.82, 2.24) is 10.5 Å². The summed E-state index contributed by atoms with van der Waals surface area (Å²) in [6.07, 6.45) is 7.47. The number of aliphatic hydroxyl groups is 4. The number of Topliss-reactive ketones (excluding diaryl/α,β-unsaturated/α-hetero) is 2. The lowest BCUT2D eigenvalue weighted by atomic mass is 9.81. The zero-order valence-corrected chi connectivity index (χ0v) is 63.2. The number of piperidine rings is 1. The number of rotatable bonds is 18. The van der Waals surface area contributed by atoms with Crippen LogP contribution in [0.1, 0.15) is 158 Å². The number of nitrogens with zero attached hydrogens (tertiary/aromatic N) is 1. The third kappa shape index (κ3) is 41.6. The van der Waals surface area contributed by atoms with Crippen LogP contribution in [-0.4, -0.2) is 148 Å². The molecule has 3 heterocycles. The van der Waals surface area contributed by atoms with Crippen molar-refractivity contribution in [3.8, 4) is 249 Å². The zero-order chi connectivity index (χ0) is 83.7. The van der Waals surface area contributed by atoms with E-state index in [1.807, 2.05) is 26.0 Å². The minimum Gasteiger partial charge on any atom is -0.456 e. The van der Waals surface area contributed by atoms with Crippen LogP contribution >= 0.6 is 0 Å². The van der Waals surface area contributed by atoms with Crippen LogP contribution < -0.4 is 5.64 Å². The maximum Gasteiger partial charge on any atom is 0.329 e. The SMILES string of the molecule is C#CC#CC#CC#CC#CC#CC#CC#CC#CC#CC#CC#CC#CC#CC#CC#CC#CC#CC#CC#CC#CC.CO[C@H]1C[C@@H](C)C/C(C)=C/[C@@H](CCO)C(=O)C[C@H](O)[C@@H](C)[C@@H](/C(C)=C/[C@@H]2CC[C@@H](O)[C@H](OC)C2)OC(=O)[C@@H]2CCCCN2C(=O)C(=O)[C@]2(O)O[C@H]1[C@@H](OC)C[C@H]2C.OOOOOONOOOOOOO.[HH].[HH].[HH].[HH].[HH].[HH].[HH].[HH].[HH].[HH].[HH].[HH].[HH].[HH].[HH].[HH].[HH].[HH].[HH].[HH].[HH].[HH].[HH].[HH].[HH].[HH].[HH].[HH].[HH].[HH].[HH].[HH]. The van der Waals surface area contributed by atoms with Crippen molar-refractivity contribution in [2.45, 2.75) is 167 Å². The van der Waals surface area contributed by atoms with Crippen LogP contribution in [0.5, 0.6) is 0 Å². The number of terminal acetylenes is 1. The van der Waals surface area contributed by atoms with E-state index in [9.17, 15) is 39.6 Å². The topological polar surface area (TPSA) is 353 Å². The van der Waals surface area contributed by atoms with Gasteiger partial charge in [0.25, 0.3) is 11.7 Å². The summed E-state index contributed by atoms with van der Waals surface area (Å²) in [4.78, 5) is 65.0. The Hall–Kier alpha value is -12.4. The first-order valence-corrected chi connectivity index (χ1v) is 33.9. The highest BCUT2D eigenvalue weighted by Gasteiger charge is 2.57. The predicted octanol–water partition coefficient (Wildman–Crippen LogP) is 10.8. The van der Waals surface area contributed by atoms with E-state index < -0.39 is 83.9 Å². The molecule has 0 aromatic carbocycles. The van der Waals surface area contributed by atoms with Crippen LogP contribution in [0.4, 0.5) is 0 Å². The van der Waals surface area contributed by atoms with Gasteiger partial charge in [-0.2, -0.15) is 0 Å². The van der Waals surface area contributed by atoms with Gasteiger partial charge in [-0.15, -0.1) is 6.42 Å². The standard InChI is InChI=1S/C43H69NO13.C43H4.H3NO13.32H2/c1-24-17-25(2)19-36(54-7)39-37(55-8)21-27(4)43(52,57-39)40(49)41(50)44-15-10-9-11-31(44)42(51)56-38(26(3)20-29-12-13-32(46)35(22-29)53-6)28(5)33(47)23-34(48)30(18-24)14-16-45;1-3-5-7-9-11-13-15-17-19-21-23-25-27-29-31-33-35-37-39-41-43-42-40-38-36-34-32-30-28-26-24-22-20-18-16-14-12-10-8-6-4-2;2-6-10-12-8-4-1-5-9-13-14-11-7-3;;;;;;;;;;;;;;;;;;;;;;;;;;;;;;;;/h18,20,25,27-33,35-39,45-47,52H,9-17,19,21-23H2,1-8H3;1H,2H3;1-3H;32*1H/b24-18+,26-20+;;;;;;;;;;;;;;;;;;;;;;;;;;;;;;;;;;/t25-,27+,28+,29-,30+,31-,32+,33-,35+,36-,37-,38+,39+,43+;;;;;;;;;;;;;;;;;;;;;;;;;;;;;;;;;;/m0................................../s1. The average Bonchev–Trinajstić information content (AvgIpc) is 0.800. The number of hydrogen-bond acceptors (Lipinski definition) is 27. The third-order valence-electron chi connectivity index (χ3n) is 15.8. The highest BCUT2D eigenvalue weighted by atomic mass is 17.9. The summed E-state index contributed by atoms with van der Waals surface area (Å²) < 4.78 is 29.7. The number of ether oxygens (including phenoxy) is 5. The molecule has 0 aromatic rings. The second kappa shape index (κ2) is 62.3. The van der Waals surface area contributed by atoms with Crippen molar-refractivity contribution in [1.29, 1.82) is 0 Å². The lowest BCUT2D eigenvalue weighted by Crippen LogP contribution is -2.64. The van der Waals surface area contributed by atoms with Gasteiger partial charge in [0, 0.05) is 246 Å². The molecule has 28 heteroatoms. The number of ketones is 2. The molecule has 650 valence electrons. The first kappa shape index (κ1) is 97.7. The highest BCUT2D eigenvalue weighted by molar-refractivity contribution is 6.39. The van der Waals surface area contributed by atoms with Crippen LogP contribution in [0.15, 0.2) is 23.3 Å². The number of aliphatic hydroxyl groups excluding tert-OH is 3. The number of cyclic esters (lactones) is 1. The molecule has 0 spiro atoms. The Morgan fingerprint density at radius 1 is 0.579 bits per heavy atom. The van der Waals surface area contributed by atoms with Crippen molar-refractivity contribution in [3.05, 3.63) is 23.3 Å². The Kier molecular flexibility index (Phi) is 53.4. The molecular formula is C86H140N2O26. The monoisotopic (exact) mass is 1620 g/mol.